The van der Waals surface area contributed by atoms with Crippen molar-refractivity contribution in [1.29, 1.82) is 0 Å². The molecule has 0 saturated carbocycles. The number of carbonyl (C=O) groups excluding carboxylic acids is 2. The van der Waals surface area contributed by atoms with Crippen LogP contribution in [0.4, 0.5) is 10.1 Å². The van der Waals surface area contributed by atoms with Gasteiger partial charge in [0.2, 0.25) is 5.91 Å². The average Bonchev–Trinajstić information content (AvgIpc) is 3.14. The van der Waals surface area contributed by atoms with Crippen molar-refractivity contribution in [3.05, 3.63) is 89.2 Å². The van der Waals surface area contributed by atoms with Crippen LogP contribution in [0.5, 0.6) is 11.5 Å². The molecule has 1 unspecified atom stereocenters. The lowest BCUT2D eigenvalue weighted by atomic mass is 10.0. The Kier molecular flexibility index (Phi) is 6.07. The molecule has 0 aromatic heterocycles. The lowest BCUT2D eigenvalue weighted by Gasteiger charge is -2.28. The average molecular weight is 434 g/mol. The monoisotopic (exact) mass is 434 g/mol. The molecule has 0 bridgehead atoms. The largest absolute Gasteiger partial charge is 0.497 e. The standard InChI is InChI=1S/C25H23FN2O4/c1-31-20-11-19(12-21(13-20)32-2)27-24(29)14-23(16-7-9-18(26)10-8-16)28-15-17-5-3-4-6-22(17)25(28)30/h3-13,23H,14-15H2,1-2H3,(H,27,29). The molecule has 1 atom stereocenters. The summed E-state index contributed by atoms with van der Waals surface area (Å²) >= 11 is 0. The first-order valence-corrected chi connectivity index (χ1v) is 10.2. The van der Waals surface area contributed by atoms with Gasteiger partial charge in [-0.1, -0.05) is 30.3 Å². The summed E-state index contributed by atoms with van der Waals surface area (Å²) in [6.45, 7) is 0.386. The summed E-state index contributed by atoms with van der Waals surface area (Å²) in [5.74, 6) is 0.264. The number of ether oxygens (including phenoxy) is 2. The van der Waals surface area contributed by atoms with Crippen molar-refractivity contribution in [2.75, 3.05) is 19.5 Å². The normalized spacial score (nSPS) is 13.5. The number of nitrogens with zero attached hydrogens (tertiary/aromatic N) is 1. The van der Waals surface area contributed by atoms with E-state index in [0.717, 1.165) is 5.56 Å². The highest BCUT2D eigenvalue weighted by Gasteiger charge is 2.34. The summed E-state index contributed by atoms with van der Waals surface area (Å²) < 4.78 is 24.0. The van der Waals surface area contributed by atoms with E-state index in [9.17, 15) is 14.0 Å². The number of hydrogen-bond acceptors (Lipinski definition) is 4. The molecule has 1 aliphatic heterocycles. The van der Waals surface area contributed by atoms with Crippen LogP contribution in [-0.2, 0) is 11.3 Å². The zero-order valence-electron chi connectivity index (χ0n) is 17.8. The summed E-state index contributed by atoms with van der Waals surface area (Å²) in [5, 5.41) is 2.85. The molecule has 3 aromatic rings. The maximum absolute atomic E-state index is 13.5. The number of benzene rings is 3. The fourth-order valence-electron chi connectivity index (χ4n) is 3.89. The van der Waals surface area contributed by atoms with E-state index in [-0.39, 0.29) is 24.1 Å². The second-order valence-electron chi connectivity index (χ2n) is 7.51. The maximum atomic E-state index is 13.5. The number of nitrogens with one attached hydrogen (secondary N) is 1. The van der Waals surface area contributed by atoms with Gasteiger partial charge in [-0.2, -0.15) is 0 Å². The van der Waals surface area contributed by atoms with Crippen molar-refractivity contribution in [3.63, 3.8) is 0 Å². The molecule has 0 spiro atoms. The third-order valence-corrected chi connectivity index (χ3v) is 5.49. The summed E-state index contributed by atoms with van der Waals surface area (Å²) in [6, 6.07) is 17.8. The van der Waals surface area contributed by atoms with E-state index < -0.39 is 6.04 Å². The van der Waals surface area contributed by atoms with E-state index in [1.54, 1.807) is 41.3 Å². The summed E-state index contributed by atoms with van der Waals surface area (Å²) in [4.78, 5) is 27.7. The molecular weight excluding hydrogens is 411 g/mol. The van der Waals surface area contributed by atoms with E-state index in [2.05, 4.69) is 5.32 Å². The third kappa shape index (κ3) is 4.42. The van der Waals surface area contributed by atoms with Gasteiger partial charge in [0.1, 0.15) is 17.3 Å². The van der Waals surface area contributed by atoms with Crippen LogP contribution >= 0.6 is 0 Å². The highest BCUT2D eigenvalue weighted by Crippen LogP contribution is 2.34. The first-order valence-electron chi connectivity index (χ1n) is 10.2. The molecule has 0 radical (unpaired) electrons. The zero-order chi connectivity index (χ0) is 22.7. The molecule has 0 aliphatic carbocycles. The minimum Gasteiger partial charge on any atom is -0.497 e. The van der Waals surface area contributed by atoms with Crippen LogP contribution < -0.4 is 14.8 Å². The van der Waals surface area contributed by atoms with E-state index in [4.69, 9.17) is 9.47 Å². The molecule has 32 heavy (non-hydrogen) atoms. The molecule has 1 aliphatic rings. The van der Waals surface area contributed by atoms with Gasteiger partial charge in [-0.3, -0.25) is 9.59 Å². The van der Waals surface area contributed by atoms with Gasteiger partial charge in [-0.25, -0.2) is 4.39 Å². The Morgan fingerprint density at radius 2 is 1.69 bits per heavy atom. The molecule has 0 saturated heterocycles. The quantitative estimate of drug-likeness (QED) is 0.592. The molecule has 7 heteroatoms. The van der Waals surface area contributed by atoms with Crippen molar-refractivity contribution < 1.29 is 23.5 Å². The number of amides is 2. The van der Waals surface area contributed by atoms with Crippen molar-refractivity contribution in [3.8, 4) is 11.5 Å². The Morgan fingerprint density at radius 1 is 1.03 bits per heavy atom. The molecule has 2 amide bonds. The fourth-order valence-corrected chi connectivity index (χ4v) is 3.89. The second-order valence-corrected chi connectivity index (χ2v) is 7.51. The third-order valence-electron chi connectivity index (χ3n) is 5.49. The van der Waals surface area contributed by atoms with Crippen molar-refractivity contribution in [2.24, 2.45) is 0 Å². The van der Waals surface area contributed by atoms with Crippen molar-refractivity contribution >= 4 is 17.5 Å². The van der Waals surface area contributed by atoms with E-state index in [1.165, 1.54) is 26.4 Å². The zero-order valence-corrected chi connectivity index (χ0v) is 17.8. The predicted molar refractivity (Wildman–Crippen MR) is 118 cm³/mol. The van der Waals surface area contributed by atoms with Gasteiger partial charge in [0.15, 0.2) is 0 Å². The maximum Gasteiger partial charge on any atom is 0.255 e. The van der Waals surface area contributed by atoms with Crippen LogP contribution in [0.25, 0.3) is 0 Å². The van der Waals surface area contributed by atoms with Crippen LogP contribution in [0.3, 0.4) is 0 Å². The van der Waals surface area contributed by atoms with Gasteiger partial charge >= 0.3 is 0 Å². The number of anilines is 1. The lowest BCUT2D eigenvalue weighted by Crippen LogP contribution is -2.32. The summed E-state index contributed by atoms with van der Waals surface area (Å²) in [5.41, 5.74) is 2.73. The SMILES string of the molecule is COc1cc(NC(=O)CC(c2ccc(F)cc2)N2Cc3ccccc3C2=O)cc(OC)c1. The fraction of sp³-hybridized carbons (Fsp3) is 0.200. The van der Waals surface area contributed by atoms with Gasteiger partial charge in [-0.05, 0) is 29.3 Å². The van der Waals surface area contributed by atoms with Crippen LogP contribution in [0.15, 0.2) is 66.7 Å². The number of halogens is 1. The molecule has 3 aromatic carbocycles. The molecule has 164 valence electrons. The number of hydrogen-bond donors (Lipinski definition) is 1. The summed E-state index contributed by atoms with van der Waals surface area (Å²) in [7, 11) is 3.06. The number of carbonyl (C=O) groups is 2. The molecule has 1 N–H and O–H groups in total. The van der Waals surface area contributed by atoms with Crippen LogP contribution in [0, 0.1) is 5.82 Å². The van der Waals surface area contributed by atoms with Gasteiger partial charge in [0.05, 0.1) is 26.7 Å². The van der Waals surface area contributed by atoms with E-state index >= 15 is 0 Å². The first kappa shape index (κ1) is 21.4. The number of methoxy groups -OCH3 is 2. The van der Waals surface area contributed by atoms with Crippen molar-refractivity contribution in [2.45, 2.75) is 19.0 Å². The smallest absolute Gasteiger partial charge is 0.255 e. The minimum absolute atomic E-state index is 0.00485. The number of fused-ring (bicyclic) bond motifs is 1. The van der Waals surface area contributed by atoms with Gasteiger partial charge in [0, 0.05) is 36.0 Å². The molecular formula is C25H23FN2O4. The predicted octanol–water partition coefficient (Wildman–Crippen LogP) is 4.57. The Balaban J connectivity index is 1.60. The Hall–Kier alpha value is -3.87. The number of rotatable bonds is 7. The molecule has 0 fully saturated rings. The highest BCUT2D eigenvalue weighted by atomic mass is 19.1. The Bertz CT molecular complexity index is 1120. The van der Waals surface area contributed by atoms with E-state index in [0.29, 0.717) is 34.9 Å². The van der Waals surface area contributed by atoms with Gasteiger partial charge in [-0.15, -0.1) is 0 Å². The van der Waals surface area contributed by atoms with Crippen molar-refractivity contribution in [1.82, 2.24) is 4.90 Å². The second kappa shape index (κ2) is 9.09. The van der Waals surface area contributed by atoms with E-state index in [1.807, 2.05) is 18.2 Å². The van der Waals surface area contributed by atoms with Gasteiger partial charge in [0.25, 0.3) is 5.91 Å². The topological polar surface area (TPSA) is 67.9 Å². The Labute approximate surface area is 185 Å². The van der Waals surface area contributed by atoms with Crippen LogP contribution in [-0.4, -0.2) is 30.9 Å². The molecule has 6 nitrogen and oxygen atoms in total. The van der Waals surface area contributed by atoms with Gasteiger partial charge < -0.3 is 19.7 Å². The Morgan fingerprint density at radius 3 is 2.31 bits per heavy atom. The highest BCUT2D eigenvalue weighted by molar-refractivity contribution is 5.99. The summed E-state index contributed by atoms with van der Waals surface area (Å²) in [6.07, 6.45) is 0.00485. The van der Waals surface area contributed by atoms with Crippen LogP contribution in [0.1, 0.15) is 33.9 Å². The minimum atomic E-state index is -0.553. The van der Waals surface area contributed by atoms with Crippen LogP contribution in [0.2, 0.25) is 0 Å². The first-order chi connectivity index (χ1) is 15.5. The lowest BCUT2D eigenvalue weighted by molar-refractivity contribution is -0.117. The molecule has 1 heterocycles. The molecule has 4 rings (SSSR count).